The molecule has 84 valence electrons. The Kier molecular flexibility index (Phi) is 6.31. The van der Waals surface area contributed by atoms with Gasteiger partial charge < -0.3 is 0 Å². The van der Waals surface area contributed by atoms with Gasteiger partial charge in [0.2, 0.25) is 0 Å². The maximum Gasteiger partial charge on any atom is -0.0388 e. The van der Waals surface area contributed by atoms with Gasteiger partial charge in [-0.1, -0.05) is 78.1 Å². The van der Waals surface area contributed by atoms with Gasteiger partial charge in [-0.05, 0) is 11.8 Å². The summed E-state index contributed by atoms with van der Waals surface area (Å²) in [6, 6.07) is 0. The zero-order valence-electron chi connectivity index (χ0n) is 10.2. The molecule has 1 fully saturated rings. The number of hydrogen-bond acceptors (Lipinski definition) is 0. The molecule has 1 aliphatic carbocycles. The van der Waals surface area contributed by atoms with Gasteiger partial charge in [-0.25, -0.2) is 0 Å². The van der Waals surface area contributed by atoms with Gasteiger partial charge in [0, 0.05) is 0 Å². The summed E-state index contributed by atoms with van der Waals surface area (Å²) in [5, 5.41) is 0. The largest absolute Gasteiger partial charge is 0.0654 e. The normalized spacial score (nSPS) is 28.7. The molecule has 1 saturated carbocycles. The summed E-state index contributed by atoms with van der Waals surface area (Å²) in [6.45, 7) is 4.78. The Bertz CT molecular complexity index is 128. The van der Waals surface area contributed by atoms with E-state index in [-0.39, 0.29) is 0 Å². The van der Waals surface area contributed by atoms with Crippen LogP contribution in [-0.4, -0.2) is 0 Å². The summed E-state index contributed by atoms with van der Waals surface area (Å²) >= 11 is 0. The lowest BCUT2D eigenvalue weighted by molar-refractivity contribution is 0.307. The second-order valence-electron chi connectivity index (χ2n) is 5.22. The van der Waals surface area contributed by atoms with Crippen molar-refractivity contribution in [3.8, 4) is 0 Å². The minimum absolute atomic E-state index is 1.01. The summed E-state index contributed by atoms with van der Waals surface area (Å²) in [6.07, 6.45) is 14.8. The highest BCUT2D eigenvalue weighted by Gasteiger charge is 2.18. The molecule has 0 radical (unpaired) electrons. The molecule has 0 aromatic carbocycles. The Labute approximate surface area is 90.5 Å². The van der Waals surface area contributed by atoms with Gasteiger partial charge in [-0.2, -0.15) is 0 Å². The molecule has 0 aliphatic heterocycles. The molecule has 0 heterocycles. The number of unbranched alkanes of at least 4 members (excludes halogenated alkanes) is 3. The summed E-state index contributed by atoms with van der Waals surface area (Å²) in [4.78, 5) is 0. The molecule has 0 heteroatoms. The van der Waals surface area contributed by atoms with E-state index >= 15 is 0 Å². The summed E-state index contributed by atoms with van der Waals surface area (Å²) in [7, 11) is 0. The smallest absolute Gasteiger partial charge is 0.0388 e. The Morgan fingerprint density at radius 3 is 2.50 bits per heavy atom. The third-order valence-electron chi connectivity index (χ3n) is 3.97. The van der Waals surface area contributed by atoms with Crippen molar-refractivity contribution in [3.05, 3.63) is 0 Å². The lowest BCUT2D eigenvalue weighted by Gasteiger charge is -2.21. The summed E-state index contributed by atoms with van der Waals surface area (Å²) in [5.41, 5.74) is 0. The third-order valence-corrected chi connectivity index (χ3v) is 3.97. The molecule has 1 rings (SSSR count). The summed E-state index contributed by atoms with van der Waals surface area (Å²) < 4.78 is 0. The van der Waals surface area contributed by atoms with E-state index in [1.807, 2.05) is 0 Å². The molecule has 14 heavy (non-hydrogen) atoms. The predicted molar refractivity (Wildman–Crippen MR) is 64.5 cm³/mol. The van der Waals surface area contributed by atoms with Gasteiger partial charge in [-0.15, -0.1) is 0 Å². The van der Waals surface area contributed by atoms with Gasteiger partial charge in [0.1, 0.15) is 0 Å². The van der Waals surface area contributed by atoms with Crippen LogP contribution < -0.4 is 0 Å². The second kappa shape index (κ2) is 7.31. The Hall–Kier alpha value is 0. The average molecular weight is 196 g/mol. The first-order chi connectivity index (χ1) is 6.84. The van der Waals surface area contributed by atoms with Crippen molar-refractivity contribution in [1.29, 1.82) is 0 Å². The summed E-state index contributed by atoms with van der Waals surface area (Å²) in [5.74, 6) is 2.08. The van der Waals surface area contributed by atoms with E-state index < -0.39 is 0 Å². The highest BCUT2D eigenvalue weighted by atomic mass is 14.2. The quantitative estimate of drug-likeness (QED) is 0.420. The standard InChI is InChI=1S/C14H28/c1-3-4-5-8-11-14-12-9-6-7-10-13(14)2/h13-14H,3-12H2,1-2H3. The lowest BCUT2D eigenvalue weighted by Crippen LogP contribution is -2.09. The molecule has 0 aromatic rings. The Morgan fingerprint density at radius 2 is 1.71 bits per heavy atom. The maximum atomic E-state index is 2.48. The van der Waals surface area contributed by atoms with Crippen molar-refractivity contribution in [2.24, 2.45) is 11.8 Å². The number of hydrogen-bond donors (Lipinski definition) is 0. The van der Waals surface area contributed by atoms with Crippen LogP contribution in [0.25, 0.3) is 0 Å². The van der Waals surface area contributed by atoms with Gasteiger partial charge >= 0.3 is 0 Å². The average Bonchev–Trinajstić information content (AvgIpc) is 2.39. The second-order valence-corrected chi connectivity index (χ2v) is 5.22. The van der Waals surface area contributed by atoms with Crippen molar-refractivity contribution < 1.29 is 0 Å². The third kappa shape index (κ3) is 4.48. The maximum absolute atomic E-state index is 2.48. The molecule has 0 bridgehead atoms. The fourth-order valence-electron chi connectivity index (χ4n) is 2.83. The van der Waals surface area contributed by atoms with Crippen molar-refractivity contribution in [2.75, 3.05) is 0 Å². The van der Waals surface area contributed by atoms with Crippen LogP contribution in [0.4, 0.5) is 0 Å². The molecule has 0 aromatic heterocycles. The topological polar surface area (TPSA) is 0 Å². The van der Waals surface area contributed by atoms with Crippen molar-refractivity contribution in [2.45, 2.75) is 78.1 Å². The molecule has 0 spiro atoms. The fourth-order valence-corrected chi connectivity index (χ4v) is 2.83. The van der Waals surface area contributed by atoms with Crippen molar-refractivity contribution >= 4 is 0 Å². The minimum atomic E-state index is 1.01. The van der Waals surface area contributed by atoms with E-state index in [1.165, 1.54) is 64.2 Å². The molecular formula is C14H28. The minimum Gasteiger partial charge on any atom is -0.0654 e. The molecule has 1 aliphatic rings. The fraction of sp³-hybridized carbons (Fsp3) is 1.00. The van der Waals surface area contributed by atoms with Crippen molar-refractivity contribution in [1.82, 2.24) is 0 Å². The lowest BCUT2D eigenvalue weighted by atomic mass is 9.85. The van der Waals surface area contributed by atoms with Crippen LogP contribution in [0.15, 0.2) is 0 Å². The van der Waals surface area contributed by atoms with Crippen LogP contribution in [-0.2, 0) is 0 Å². The molecular weight excluding hydrogens is 168 g/mol. The monoisotopic (exact) mass is 196 g/mol. The van der Waals surface area contributed by atoms with Gasteiger partial charge in [0.15, 0.2) is 0 Å². The molecule has 2 atom stereocenters. The highest BCUT2D eigenvalue weighted by Crippen LogP contribution is 2.31. The molecule has 0 nitrogen and oxygen atoms in total. The SMILES string of the molecule is CCCCCCC1CCCCCC1C. The van der Waals surface area contributed by atoms with Crippen LogP contribution >= 0.6 is 0 Å². The van der Waals surface area contributed by atoms with Crippen molar-refractivity contribution in [3.63, 3.8) is 0 Å². The highest BCUT2D eigenvalue weighted by molar-refractivity contribution is 4.70. The molecule has 2 unspecified atom stereocenters. The molecule has 0 saturated heterocycles. The van der Waals surface area contributed by atoms with Crippen LogP contribution in [0.5, 0.6) is 0 Å². The van der Waals surface area contributed by atoms with Crippen LogP contribution in [0.3, 0.4) is 0 Å². The zero-order chi connectivity index (χ0) is 10.2. The first-order valence-corrected chi connectivity index (χ1v) is 6.84. The van der Waals surface area contributed by atoms with E-state index in [4.69, 9.17) is 0 Å². The van der Waals surface area contributed by atoms with Gasteiger partial charge in [-0.3, -0.25) is 0 Å². The van der Waals surface area contributed by atoms with E-state index in [2.05, 4.69) is 13.8 Å². The van der Waals surface area contributed by atoms with E-state index in [0.29, 0.717) is 0 Å². The Morgan fingerprint density at radius 1 is 0.929 bits per heavy atom. The molecule has 0 N–H and O–H groups in total. The Balaban J connectivity index is 2.13. The molecule has 0 amide bonds. The van der Waals surface area contributed by atoms with Gasteiger partial charge in [0.05, 0.1) is 0 Å². The van der Waals surface area contributed by atoms with Crippen LogP contribution in [0, 0.1) is 11.8 Å². The van der Waals surface area contributed by atoms with E-state index in [1.54, 1.807) is 0 Å². The van der Waals surface area contributed by atoms with Crippen LogP contribution in [0.2, 0.25) is 0 Å². The van der Waals surface area contributed by atoms with E-state index in [0.717, 1.165) is 11.8 Å². The number of rotatable bonds is 5. The first-order valence-electron chi connectivity index (χ1n) is 6.84. The van der Waals surface area contributed by atoms with Crippen LogP contribution in [0.1, 0.15) is 78.1 Å². The first kappa shape index (κ1) is 12.1. The predicted octanol–water partition coefficient (Wildman–Crippen LogP) is 5.17. The van der Waals surface area contributed by atoms with E-state index in [9.17, 15) is 0 Å². The zero-order valence-corrected chi connectivity index (χ0v) is 10.2. The van der Waals surface area contributed by atoms with Gasteiger partial charge in [0.25, 0.3) is 0 Å².